The Morgan fingerprint density at radius 1 is 0.900 bits per heavy atom. The summed E-state index contributed by atoms with van der Waals surface area (Å²) in [7, 11) is 3.26. The number of aromatic nitrogens is 2. The maximum Gasteiger partial charge on any atom is 0.172 e. The molecule has 40 heavy (non-hydrogen) atoms. The van der Waals surface area contributed by atoms with Gasteiger partial charge >= 0.3 is 0 Å². The van der Waals surface area contributed by atoms with Gasteiger partial charge < -0.3 is 14.2 Å². The smallest absolute Gasteiger partial charge is 0.172 e. The van der Waals surface area contributed by atoms with Crippen LogP contribution in [0.2, 0.25) is 0 Å². The molecule has 0 radical (unpaired) electrons. The van der Waals surface area contributed by atoms with Crippen molar-refractivity contribution in [3.63, 3.8) is 0 Å². The molecule has 0 atom stereocenters. The number of hydrogen-bond acceptors (Lipinski definition) is 6. The average molecular weight is 575 g/mol. The van der Waals surface area contributed by atoms with E-state index in [1.807, 2.05) is 36.5 Å². The number of thiophene rings is 1. The number of rotatable bonds is 11. The molecule has 3 aromatic carbocycles. The van der Waals surface area contributed by atoms with Crippen molar-refractivity contribution in [2.45, 2.75) is 24.4 Å². The molecule has 0 aliphatic rings. The van der Waals surface area contributed by atoms with E-state index in [9.17, 15) is 4.39 Å². The lowest BCUT2D eigenvalue weighted by molar-refractivity contribution is 0.344. The lowest BCUT2D eigenvalue weighted by Crippen LogP contribution is -2.23. The first-order chi connectivity index (χ1) is 19.4. The summed E-state index contributed by atoms with van der Waals surface area (Å²) in [5.74, 6) is 2.58. The second-order valence-corrected chi connectivity index (χ2v) is 11.5. The van der Waals surface area contributed by atoms with Crippen molar-refractivity contribution in [1.82, 2.24) is 9.55 Å². The first-order valence-corrected chi connectivity index (χ1v) is 14.8. The van der Waals surface area contributed by atoms with E-state index in [4.69, 9.17) is 19.2 Å². The van der Waals surface area contributed by atoms with Gasteiger partial charge in [-0.3, -0.25) is 4.57 Å². The van der Waals surface area contributed by atoms with Crippen LogP contribution in [0, 0.1) is 5.82 Å². The van der Waals surface area contributed by atoms with E-state index in [0.717, 1.165) is 27.9 Å². The summed E-state index contributed by atoms with van der Waals surface area (Å²) in [6, 6.07) is 22.7. The zero-order valence-electron chi connectivity index (χ0n) is 22.9. The second kappa shape index (κ2) is 12.2. The third-order valence-electron chi connectivity index (χ3n) is 6.85. The lowest BCUT2D eigenvalue weighted by atomic mass is 9.81. The normalized spacial score (nSPS) is 11.4. The van der Waals surface area contributed by atoms with Crippen LogP contribution in [0.4, 0.5) is 4.39 Å². The van der Waals surface area contributed by atoms with Crippen LogP contribution in [0.25, 0.3) is 16.8 Å². The summed E-state index contributed by atoms with van der Waals surface area (Å²) < 4.78 is 32.9. The molecule has 0 fully saturated rings. The minimum Gasteiger partial charge on any atom is -0.493 e. The maximum atomic E-state index is 13.8. The highest BCUT2D eigenvalue weighted by Crippen LogP contribution is 2.39. The van der Waals surface area contributed by atoms with Gasteiger partial charge in [0.25, 0.3) is 0 Å². The standard InChI is InChI=1S/C32H31FN2O3S2/c1-32(2,24-7-14-28(36-3)29(19-24)37-4)30-20-34-31(35(30)26-10-8-25(33)9-11-26)40-18-16-38-27-12-5-22(6-13-27)23-15-17-39-21-23/h5-15,17,19-21H,16,18H2,1-4H3. The monoisotopic (exact) mass is 574 g/mol. The van der Waals surface area contributed by atoms with Gasteiger partial charge in [-0.15, -0.1) is 0 Å². The summed E-state index contributed by atoms with van der Waals surface area (Å²) in [6.45, 7) is 4.80. The van der Waals surface area contributed by atoms with Crippen LogP contribution in [0.3, 0.4) is 0 Å². The van der Waals surface area contributed by atoms with E-state index in [2.05, 4.69) is 47.4 Å². The Balaban J connectivity index is 1.36. The molecule has 0 N–H and O–H groups in total. The van der Waals surface area contributed by atoms with Gasteiger partial charge in [0, 0.05) is 16.9 Å². The molecule has 0 amide bonds. The van der Waals surface area contributed by atoms with Crippen LogP contribution in [-0.2, 0) is 5.41 Å². The van der Waals surface area contributed by atoms with Crippen molar-refractivity contribution in [1.29, 1.82) is 0 Å². The molecule has 206 valence electrons. The molecule has 2 aromatic heterocycles. The van der Waals surface area contributed by atoms with Gasteiger partial charge in [0.15, 0.2) is 16.7 Å². The largest absolute Gasteiger partial charge is 0.493 e. The minimum atomic E-state index is -0.444. The fourth-order valence-electron chi connectivity index (χ4n) is 4.55. The van der Waals surface area contributed by atoms with E-state index < -0.39 is 5.41 Å². The third-order valence-corrected chi connectivity index (χ3v) is 8.45. The Bertz CT molecular complexity index is 1550. The number of halogens is 1. The average Bonchev–Trinajstić information content (AvgIpc) is 3.67. The van der Waals surface area contributed by atoms with Crippen LogP contribution in [-0.4, -0.2) is 36.1 Å². The molecule has 8 heteroatoms. The van der Waals surface area contributed by atoms with Gasteiger partial charge in [0.2, 0.25) is 0 Å². The predicted octanol–water partition coefficient (Wildman–Crippen LogP) is 8.25. The number of ether oxygens (including phenoxy) is 3. The molecule has 5 rings (SSSR count). The highest BCUT2D eigenvalue weighted by molar-refractivity contribution is 7.99. The van der Waals surface area contributed by atoms with Gasteiger partial charge in [0.05, 0.1) is 32.7 Å². The van der Waals surface area contributed by atoms with E-state index in [0.29, 0.717) is 23.9 Å². The van der Waals surface area contributed by atoms with Crippen LogP contribution in [0.15, 0.2) is 94.9 Å². The lowest BCUT2D eigenvalue weighted by Gasteiger charge is -2.28. The Morgan fingerprint density at radius 3 is 2.33 bits per heavy atom. The minimum absolute atomic E-state index is 0.280. The van der Waals surface area contributed by atoms with Crippen molar-refractivity contribution in [3.8, 4) is 34.1 Å². The molecule has 0 unspecified atom stereocenters. The first kappa shape index (κ1) is 27.8. The fourth-order valence-corrected chi connectivity index (χ4v) is 6.03. The van der Waals surface area contributed by atoms with Gasteiger partial charge in [-0.2, -0.15) is 11.3 Å². The van der Waals surface area contributed by atoms with E-state index in [-0.39, 0.29) is 5.82 Å². The van der Waals surface area contributed by atoms with Gasteiger partial charge in [0.1, 0.15) is 11.6 Å². The highest BCUT2D eigenvalue weighted by atomic mass is 32.2. The van der Waals surface area contributed by atoms with E-state index in [1.165, 1.54) is 23.3 Å². The molecular formula is C32H31FN2O3S2. The molecule has 2 heterocycles. The number of nitrogens with zero attached hydrogens (tertiary/aromatic N) is 2. The van der Waals surface area contributed by atoms with Gasteiger partial charge in [-0.1, -0.05) is 43.8 Å². The summed E-state index contributed by atoms with van der Waals surface area (Å²) in [5, 5.41) is 5.02. The molecule has 0 bridgehead atoms. The quantitative estimate of drug-likeness (QED) is 0.117. The number of hydrogen-bond donors (Lipinski definition) is 0. The van der Waals surface area contributed by atoms with Crippen LogP contribution in [0.1, 0.15) is 25.1 Å². The second-order valence-electron chi connectivity index (χ2n) is 9.67. The van der Waals surface area contributed by atoms with Gasteiger partial charge in [-0.05, 0) is 82.0 Å². The predicted molar refractivity (Wildman–Crippen MR) is 161 cm³/mol. The molecule has 0 spiro atoms. The van der Waals surface area contributed by atoms with Crippen molar-refractivity contribution in [3.05, 3.63) is 107 Å². The Hall–Kier alpha value is -3.75. The van der Waals surface area contributed by atoms with Crippen LogP contribution < -0.4 is 14.2 Å². The maximum absolute atomic E-state index is 13.8. The molecule has 5 nitrogen and oxygen atoms in total. The zero-order valence-corrected chi connectivity index (χ0v) is 24.5. The van der Waals surface area contributed by atoms with Crippen molar-refractivity contribution in [2.24, 2.45) is 0 Å². The SMILES string of the molecule is COc1ccc(C(C)(C)c2cnc(SCCOc3ccc(-c4ccsc4)cc3)n2-c2ccc(F)cc2)cc1OC. The number of imidazole rings is 1. The first-order valence-electron chi connectivity index (χ1n) is 12.9. The molecule has 5 aromatic rings. The summed E-state index contributed by atoms with van der Waals surface area (Å²) in [5.41, 5.74) is 4.80. The Kier molecular flexibility index (Phi) is 8.47. The molecular weight excluding hydrogens is 543 g/mol. The van der Waals surface area contributed by atoms with Gasteiger partial charge in [-0.25, -0.2) is 9.37 Å². The summed E-state index contributed by atoms with van der Waals surface area (Å²) >= 11 is 3.29. The summed E-state index contributed by atoms with van der Waals surface area (Å²) in [6.07, 6.45) is 1.90. The van der Waals surface area contributed by atoms with Crippen molar-refractivity contribution in [2.75, 3.05) is 26.6 Å². The topological polar surface area (TPSA) is 45.5 Å². The number of thioether (sulfide) groups is 1. The van der Waals surface area contributed by atoms with E-state index in [1.54, 1.807) is 49.5 Å². The van der Waals surface area contributed by atoms with E-state index >= 15 is 0 Å². The molecule has 0 aliphatic carbocycles. The summed E-state index contributed by atoms with van der Waals surface area (Å²) in [4.78, 5) is 4.79. The third kappa shape index (κ3) is 5.88. The molecule has 0 aliphatic heterocycles. The van der Waals surface area contributed by atoms with Crippen molar-refractivity contribution < 1.29 is 18.6 Å². The Labute approximate surface area is 242 Å². The zero-order chi connectivity index (χ0) is 28.1. The number of methoxy groups -OCH3 is 2. The fraction of sp³-hybridized carbons (Fsp3) is 0.219. The Morgan fingerprint density at radius 2 is 1.65 bits per heavy atom. The van der Waals surface area contributed by atoms with Crippen LogP contribution in [0.5, 0.6) is 17.2 Å². The molecule has 0 saturated carbocycles. The molecule has 0 saturated heterocycles. The number of benzene rings is 3. The highest BCUT2D eigenvalue weighted by Gasteiger charge is 2.30. The van der Waals surface area contributed by atoms with Crippen molar-refractivity contribution >= 4 is 23.1 Å². The van der Waals surface area contributed by atoms with Crippen LogP contribution >= 0.6 is 23.1 Å².